The molecule has 0 aliphatic rings. The molecule has 2 rings (SSSR count). The number of carboxylic acid groups (broad SMARTS) is 1. The molecular formula is C23H28N2O4. The van der Waals surface area contributed by atoms with Gasteiger partial charge >= 0.3 is 5.97 Å². The molecule has 0 aromatic heterocycles. The molecule has 1 atom stereocenters. The fraction of sp³-hybridized carbons (Fsp3) is 0.391. The van der Waals surface area contributed by atoms with E-state index < -0.39 is 12.0 Å². The van der Waals surface area contributed by atoms with Crippen LogP contribution in [0.5, 0.6) is 5.75 Å². The van der Waals surface area contributed by atoms with Crippen LogP contribution in [-0.2, 0) is 22.4 Å². The molecule has 0 unspecified atom stereocenters. The van der Waals surface area contributed by atoms with Gasteiger partial charge in [0.1, 0.15) is 12.4 Å². The number of methoxy groups -OCH3 is 1. The Labute approximate surface area is 172 Å². The van der Waals surface area contributed by atoms with Crippen molar-refractivity contribution < 1.29 is 19.4 Å². The van der Waals surface area contributed by atoms with Gasteiger partial charge in [0.2, 0.25) is 0 Å². The molecule has 0 fully saturated rings. The number of aliphatic carboxylic acids is 1. The van der Waals surface area contributed by atoms with Gasteiger partial charge in [-0.1, -0.05) is 26.3 Å². The average Bonchev–Trinajstić information content (AvgIpc) is 2.73. The highest BCUT2D eigenvalue weighted by molar-refractivity contribution is 5.81. The molecule has 0 saturated carbocycles. The molecule has 6 heteroatoms. The highest BCUT2D eigenvalue weighted by atomic mass is 16.5. The first kappa shape index (κ1) is 22.3. The molecule has 2 aromatic carbocycles. The van der Waals surface area contributed by atoms with E-state index in [-0.39, 0.29) is 0 Å². The molecule has 6 nitrogen and oxygen atoms in total. The minimum absolute atomic E-state index is 0.342. The van der Waals surface area contributed by atoms with Crippen molar-refractivity contribution in [2.24, 2.45) is 0 Å². The summed E-state index contributed by atoms with van der Waals surface area (Å²) in [4.78, 5) is 12.2. The third-order valence-corrected chi connectivity index (χ3v) is 4.60. The lowest BCUT2D eigenvalue weighted by Crippen LogP contribution is -2.22. The quantitative estimate of drug-likeness (QED) is 0.549. The number of ether oxygens (including phenoxy) is 2. The summed E-state index contributed by atoms with van der Waals surface area (Å²) in [7, 11) is 1.60. The van der Waals surface area contributed by atoms with Gasteiger partial charge in [0.05, 0.1) is 18.2 Å². The maximum atomic E-state index is 12.2. The van der Waals surface area contributed by atoms with Crippen LogP contribution >= 0.6 is 0 Å². The number of hydrogen-bond acceptors (Lipinski definition) is 5. The first-order valence-electron chi connectivity index (χ1n) is 9.80. The molecule has 0 saturated heterocycles. The second-order valence-electron chi connectivity index (χ2n) is 6.72. The second kappa shape index (κ2) is 11.1. The van der Waals surface area contributed by atoms with Crippen molar-refractivity contribution in [2.45, 2.75) is 39.2 Å². The van der Waals surface area contributed by atoms with Crippen LogP contribution < -0.4 is 10.1 Å². The number of nitrogens with one attached hydrogen (secondary N) is 1. The average molecular weight is 396 g/mol. The number of nitriles is 1. The lowest BCUT2D eigenvalue weighted by Gasteiger charge is -2.23. The molecule has 0 aliphatic carbocycles. The number of carboxylic acids is 1. The van der Waals surface area contributed by atoms with Gasteiger partial charge in [0.15, 0.2) is 6.04 Å². The number of aryl methyl sites for hydroxylation is 2. The molecule has 2 aromatic rings. The second-order valence-corrected chi connectivity index (χ2v) is 6.72. The molecule has 0 amide bonds. The molecule has 0 bridgehead atoms. The Balaban J connectivity index is 2.49. The van der Waals surface area contributed by atoms with Crippen molar-refractivity contribution in [1.82, 2.24) is 0 Å². The minimum Gasteiger partial charge on any atom is -0.491 e. The Morgan fingerprint density at radius 1 is 1.21 bits per heavy atom. The standard InChI is InChI=1S/C23H28N2O4/c1-4-6-18-13-16(5-2)14-20(22(18)29-12-11-28-3)21(23(26)27)25-19-9-7-17(15-24)8-10-19/h7-10,13-14,21,25H,4-6,11-12H2,1-3H3,(H,26,27)/t21-/m1/s1. The van der Waals surface area contributed by atoms with Gasteiger partial charge in [-0.2, -0.15) is 5.26 Å². The van der Waals surface area contributed by atoms with Crippen LogP contribution in [0.25, 0.3) is 0 Å². The topological polar surface area (TPSA) is 91.6 Å². The lowest BCUT2D eigenvalue weighted by molar-refractivity contribution is -0.138. The van der Waals surface area contributed by atoms with E-state index >= 15 is 0 Å². The number of nitrogens with zero attached hydrogens (tertiary/aromatic N) is 1. The lowest BCUT2D eigenvalue weighted by atomic mass is 9.95. The molecule has 0 heterocycles. The summed E-state index contributed by atoms with van der Waals surface area (Å²) in [6, 6.07) is 11.8. The zero-order valence-corrected chi connectivity index (χ0v) is 17.2. The van der Waals surface area contributed by atoms with Gasteiger partial charge in [-0.05, 0) is 54.3 Å². The van der Waals surface area contributed by atoms with Crippen LogP contribution in [0.15, 0.2) is 36.4 Å². The smallest absolute Gasteiger partial charge is 0.330 e. The maximum absolute atomic E-state index is 12.2. The summed E-state index contributed by atoms with van der Waals surface area (Å²) >= 11 is 0. The van der Waals surface area contributed by atoms with Crippen molar-refractivity contribution in [2.75, 3.05) is 25.6 Å². The molecule has 0 aliphatic heterocycles. The summed E-state index contributed by atoms with van der Waals surface area (Å²) in [5.74, 6) is -0.392. The number of carbonyl (C=O) groups is 1. The number of rotatable bonds is 11. The Hall–Kier alpha value is -3.04. The fourth-order valence-electron chi connectivity index (χ4n) is 3.14. The van der Waals surface area contributed by atoms with Crippen LogP contribution in [0.2, 0.25) is 0 Å². The highest BCUT2D eigenvalue weighted by Gasteiger charge is 2.26. The first-order chi connectivity index (χ1) is 14.0. The zero-order chi connectivity index (χ0) is 21.2. The maximum Gasteiger partial charge on any atom is 0.330 e. The molecular weight excluding hydrogens is 368 g/mol. The molecule has 154 valence electrons. The van der Waals surface area contributed by atoms with Crippen LogP contribution in [-0.4, -0.2) is 31.4 Å². The summed E-state index contributed by atoms with van der Waals surface area (Å²) in [5.41, 5.74) is 3.81. The SMILES string of the molecule is CCCc1cc(CC)cc([C@@H](Nc2ccc(C#N)cc2)C(=O)O)c1OCCOC. The van der Waals surface area contributed by atoms with Gasteiger partial charge in [0, 0.05) is 18.4 Å². The van der Waals surface area contributed by atoms with E-state index in [2.05, 4.69) is 24.4 Å². The van der Waals surface area contributed by atoms with E-state index in [1.54, 1.807) is 31.4 Å². The summed E-state index contributed by atoms with van der Waals surface area (Å²) in [6.07, 6.45) is 2.52. The third-order valence-electron chi connectivity index (χ3n) is 4.60. The highest BCUT2D eigenvalue weighted by Crippen LogP contribution is 2.34. The van der Waals surface area contributed by atoms with Gasteiger partial charge < -0.3 is 19.9 Å². The Bertz CT molecular complexity index is 856. The largest absolute Gasteiger partial charge is 0.491 e. The monoisotopic (exact) mass is 396 g/mol. The van der Waals surface area contributed by atoms with E-state index in [0.717, 1.165) is 30.4 Å². The Morgan fingerprint density at radius 3 is 2.48 bits per heavy atom. The van der Waals surface area contributed by atoms with Crippen LogP contribution in [0.1, 0.15) is 48.6 Å². The normalized spacial score (nSPS) is 11.5. The van der Waals surface area contributed by atoms with Gasteiger partial charge in [-0.3, -0.25) is 0 Å². The third kappa shape index (κ3) is 5.97. The Kier molecular flexibility index (Phi) is 8.50. The first-order valence-corrected chi connectivity index (χ1v) is 9.80. The summed E-state index contributed by atoms with van der Waals surface area (Å²) < 4.78 is 11.1. The fourth-order valence-corrected chi connectivity index (χ4v) is 3.14. The van der Waals surface area contributed by atoms with Crippen molar-refractivity contribution in [3.8, 4) is 11.8 Å². The van der Waals surface area contributed by atoms with Gasteiger partial charge in [-0.15, -0.1) is 0 Å². The van der Waals surface area contributed by atoms with Crippen LogP contribution in [0, 0.1) is 11.3 Å². The zero-order valence-electron chi connectivity index (χ0n) is 17.2. The van der Waals surface area contributed by atoms with Gasteiger partial charge in [0.25, 0.3) is 0 Å². The van der Waals surface area contributed by atoms with E-state index in [1.165, 1.54) is 0 Å². The summed E-state index contributed by atoms with van der Waals surface area (Å²) in [5, 5.41) is 22.0. The van der Waals surface area contributed by atoms with E-state index in [4.69, 9.17) is 14.7 Å². The van der Waals surface area contributed by atoms with Crippen molar-refractivity contribution in [1.29, 1.82) is 5.26 Å². The van der Waals surface area contributed by atoms with E-state index in [9.17, 15) is 9.90 Å². The molecule has 0 radical (unpaired) electrons. The Morgan fingerprint density at radius 2 is 1.93 bits per heavy atom. The van der Waals surface area contributed by atoms with Crippen molar-refractivity contribution >= 4 is 11.7 Å². The molecule has 2 N–H and O–H groups in total. The predicted molar refractivity (Wildman–Crippen MR) is 112 cm³/mol. The number of benzene rings is 2. The van der Waals surface area contributed by atoms with Gasteiger partial charge in [-0.25, -0.2) is 4.79 Å². The molecule has 29 heavy (non-hydrogen) atoms. The number of anilines is 1. The summed E-state index contributed by atoms with van der Waals surface area (Å²) in [6.45, 7) is 4.89. The van der Waals surface area contributed by atoms with Crippen molar-refractivity contribution in [3.05, 3.63) is 58.7 Å². The van der Waals surface area contributed by atoms with Crippen LogP contribution in [0.3, 0.4) is 0 Å². The van der Waals surface area contributed by atoms with Crippen molar-refractivity contribution in [3.63, 3.8) is 0 Å². The van der Waals surface area contributed by atoms with Crippen LogP contribution in [0.4, 0.5) is 5.69 Å². The molecule has 0 spiro atoms. The van der Waals surface area contributed by atoms with E-state index in [1.807, 2.05) is 13.0 Å². The minimum atomic E-state index is -0.998. The predicted octanol–water partition coefficient (Wildman–Crippen LogP) is 4.34. The van der Waals surface area contributed by atoms with E-state index in [0.29, 0.717) is 35.8 Å². The number of hydrogen-bond donors (Lipinski definition) is 2.